The molecule has 0 heterocycles. The van der Waals surface area contributed by atoms with Gasteiger partial charge in [-0.25, -0.2) is 4.79 Å². The van der Waals surface area contributed by atoms with Gasteiger partial charge in [-0.05, 0) is 49.8 Å². The lowest BCUT2D eigenvalue weighted by molar-refractivity contribution is -0.152. The van der Waals surface area contributed by atoms with E-state index in [0.717, 1.165) is 11.1 Å². The maximum Gasteiger partial charge on any atom is 0.330 e. The highest BCUT2D eigenvalue weighted by Gasteiger charge is 2.24. The van der Waals surface area contributed by atoms with Gasteiger partial charge in [-0.15, -0.1) is 0 Å². The van der Waals surface area contributed by atoms with E-state index >= 15 is 0 Å². The Kier molecular flexibility index (Phi) is 12.1. The Morgan fingerprint density at radius 3 is 2.38 bits per heavy atom. The molecule has 0 aliphatic carbocycles. The molecule has 34 heavy (non-hydrogen) atoms. The summed E-state index contributed by atoms with van der Waals surface area (Å²) in [6.45, 7) is 11.6. The van der Waals surface area contributed by atoms with E-state index in [0.29, 0.717) is 19.4 Å². The lowest BCUT2D eigenvalue weighted by Crippen LogP contribution is -2.37. The molecule has 3 atom stereocenters. The molecule has 0 amide bonds. The van der Waals surface area contributed by atoms with Crippen molar-refractivity contribution in [2.24, 2.45) is 22.7 Å². The normalized spacial score (nSPS) is 14.6. The molecule has 1 rings (SSSR count). The highest BCUT2D eigenvalue weighted by atomic mass is 16.6. The minimum Gasteiger partial charge on any atom is -0.460 e. The van der Waals surface area contributed by atoms with Crippen molar-refractivity contribution in [2.75, 3.05) is 0 Å². The zero-order valence-corrected chi connectivity index (χ0v) is 21.1. The Balaban J connectivity index is 2.91. The van der Waals surface area contributed by atoms with Gasteiger partial charge >= 0.3 is 11.9 Å². The Morgan fingerprint density at radius 2 is 1.82 bits per heavy atom. The van der Waals surface area contributed by atoms with Crippen molar-refractivity contribution in [1.82, 2.24) is 0 Å². The zero-order chi connectivity index (χ0) is 25.7. The highest BCUT2D eigenvalue weighted by molar-refractivity contribution is 5.82. The number of nitrogens with zero attached hydrogens (tertiary/aromatic N) is 3. The topological polar surface area (TPSA) is 127 Å². The number of nitrogens with two attached hydrogens (primary N) is 1. The van der Waals surface area contributed by atoms with Crippen LogP contribution in [0.4, 0.5) is 0 Å². The number of carbonyl (C=O) groups excluding carboxylic acids is 2. The van der Waals surface area contributed by atoms with Gasteiger partial charge in [0.05, 0.1) is 6.54 Å². The van der Waals surface area contributed by atoms with Crippen LogP contribution in [0, 0.1) is 11.8 Å². The second-order valence-electron chi connectivity index (χ2n) is 9.73. The lowest BCUT2D eigenvalue weighted by atomic mass is 9.99. The van der Waals surface area contributed by atoms with Crippen LogP contribution in [0.5, 0.6) is 0 Å². The van der Waals surface area contributed by atoms with Crippen LogP contribution in [0.15, 0.2) is 47.6 Å². The summed E-state index contributed by atoms with van der Waals surface area (Å²) in [6, 6.07) is 6.94. The molecule has 0 fully saturated rings. The number of benzene rings is 1. The second-order valence-corrected chi connectivity index (χ2v) is 9.73. The number of ether oxygens (including phenoxy) is 2. The van der Waals surface area contributed by atoms with E-state index in [2.05, 4.69) is 10.0 Å². The van der Waals surface area contributed by atoms with Gasteiger partial charge in [0.25, 0.3) is 0 Å². The fourth-order valence-corrected chi connectivity index (χ4v) is 3.08. The predicted octanol–water partition coefficient (Wildman–Crippen LogP) is 5.72. The third-order valence-corrected chi connectivity index (χ3v) is 4.80. The van der Waals surface area contributed by atoms with Crippen molar-refractivity contribution in [3.05, 3.63) is 64.1 Å². The molecule has 0 saturated carbocycles. The molecule has 0 spiro atoms. The molecule has 0 aliphatic heterocycles. The standard InChI is InChI=1S/C26H38N4O4/c1-18(2)16-22(27)25(32)33-23(8-7-9-24(31)34-26(4,5)6)19(3)10-11-20-12-14-21(15-13-20)17-29-30-28/h7,9-15,18-19,22-23H,8,16-17,27H2,1-6H3/t19-,22+,23+/m1/s1. The van der Waals surface area contributed by atoms with Crippen molar-refractivity contribution in [3.63, 3.8) is 0 Å². The molecule has 0 radical (unpaired) electrons. The molecule has 2 N–H and O–H groups in total. The fourth-order valence-electron chi connectivity index (χ4n) is 3.08. The van der Waals surface area contributed by atoms with Gasteiger partial charge in [0.2, 0.25) is 0 Å². The molecule has 0 bridgehead atoms. The summed E-state index contributed by atoms with van der Waals surface area (Å²) in [5.41, 5.74) is 15.7. The van der Waals surface area contributed by atoms with E-state index in [1.54, 1.807) is 26.8 Å². The van der Waals surface area contributed by atoms with Crippen molar-refractivity contribution in [3.8, 4) is 0 Å². The smallest absolute Gasteiger partial charge is 0.330 e. The maximum absolute atomic E-state index is 12.6. The number of carbonyl (C=O) groups is 2. The van der Waals surface area contributed by atoms with Crippen molar-refractivity contribution in [2.45, 2.75) is 78.7 Å². The molecule has 0 unspecified atom stereocenters. The van der Waals surface area contributed by atoms with Crippen molar-refractivity contribution in [1.29, 1.82) is 0 Å². The highest BCUT2D eigenvalue weighted by Crippen LogP contribution is 2.18. The Morgan fingerprint density at radius 1 is 1.18 bits per heavy atom. The SMILES string of the molecule is CC(C)C[C@H](N)C(=O)O[C@@H](CC=CC(=O)OC(C)(C)C)[C@H](C)C=Cc1ccc(CN=[N+]=[N-])cc1. The zero-order valence-electron chi connectivity index (χ0n) is 21.1. The van der Waals surface area contributed by atoms with Gasteiger partial charge in [-0.1, -0.05) is 68.4 Å². The molecule has 0 saturated heterocycles. The summed E-state index contributed by atoms with van der Waals surface area (Å²) in [5.74, 6) is -0.765. The van der Waals surface area contributed by atoms with Gasteiger partial charge in [0.15, 0.2) is 0 Å². The van der Waals surface area contributed by atoms with Crippen LogP contribution in [-0.4, -0.2) is 29.7 Å². The molecule has 186 valence electrons. The van der Waals surface area contributed by atoms with Crippen LogP contribution in [0.1, 0.15) is 65.5 Å². The maximum atomic E-state index is 12.6. The van der Waals surface area contributed by atoms with E-state index in [1.807, 2.05) is 57.2 Å². The monoisotopic (exact) mass is 470 g/mol. The van der Waals surface area contributed by atoms with Crippen LogP contribution in [0.2, 0.25) is 0 Å². The average molecular weight is 471 g/mol. The van der Waals surface area contributed by atoms with Crippen LogP contribution < -0.4 is 5.73 Å². The summed E-state index contributed by atoms with van der Waals surface area (Å²) in [5, 5.41) is 3.55. The predicted molar refractivity (Wildman–Crippen MR) is 134 cm³/mol. The minimum absolute atomic E-state index is 0.138. The minimum atomic E-state index is -0.697. The quantitative estimate of drug-likeness (QED) is 0.137. The van der Waals surface area contributed by atoms with Crippen molar-refractivity contribution < 1.29 is 19.1 Å². The van der Waals surface area contributed by atoms with Crippen LogP contribution in [0.3, 0.4) is 0 Å². The molecule has 8 nitrogen and oxygen atoms in total. The molecular formula is C26H38N4O4. The molecular weight excluding hydrogens is 432 g/mol. The second kappa shape index (κ2) is 14.2. The molecule has 1 aromatic rings. The number of hydrogen-bond donors (Lipinski definition) is 1. The lowest BCUT2D eigenvalue weighted by Gasteiger charge is -2.23. The summed E-state index contributed by atoms with van der Waals surface area (Å²) >= 11 is 0. The van der Waals surface area contributed by atoms with Crippen LogP contribution >= 0.6 is 0 Å². The molecule has 8 heteroatoms. The fraction of sp³-hybridized carbons (Fsp3) is 0.538. The van der Waals surface area contributed by atoms with E-state index < -0.39 is 29.7 Å². The largest absolute Gasteiger partial charge is 0.460 e. The molecule has 0 aromatic heterocycles. The Hall–Kier alpha value is -3.09. The summed E-state index contributed by atoms with van der Waals surface area (Å²) in [7, 11) is 0. The van der Waals surface area contributed by atoms with E-state index in [9.17, 15) is 9.59 Å². The third-order valence-electron chi connectivity index (χ3n) is 4.80. The Bertz CT molecular complexity index is 894. The molecule has 0 aliphatic rings. The van der Waals surface area contributed by atoms with E-state index in [1.165, 1.54) is 6.08 Å². The third kappa shape index (κ3) is 12.2. The summed E-state index contributed by atoms with van der Waals surface area (Å²) in [4.78, 5) is 27.3. The number of rotatable bonds is 12. The first-order valence-corrected chi connectivity index (χ1v) is 11.5. The van der Waals surface area contributed by atoms with Gasteiger partial charge in [0, 0.05) is 23.3 Å². The first kappa shape index (κ1) is 28.9. The Labute approximate surface area is 202 Å². The summed E-state index contributed by atoms with van der Waals surface area (Å²) < 4.78 is 11.0. The van der Waals surface area contributed by atoms with Gasteiger partial charge < -0.3 is 15.2 Å². The first-order valence-electron chi connectivity index (χ1n) is 11.5. The van der Waals surface area contributed by atoms with Gasteiger partial charge in [-0.3, -0.25) is 4.79 Å². The van der Waals surface area contributed by atoms with Crippen molar-refractivity contribution >= 4 is 18.0 Å². The van der Waals surface area contributed by atoms with Crippen LogP contribution in [-0.2, 0) is 25.6 Å². The summed E-state index contributed by atoms with van der Waals surface area (Å²) in [6.07, 6.45) is 7.30. The van der Waals surface area contributed by atoms with E-state index in [4.69, 9.17) is 20.7 Å². The van der Waals surface area contributed by atoms with Gasteiger partial charge in [0.1, 0.15) is 17.7 Å². The first-order chi connectivity index (χ1) is 15.9. The van der Waals surface area contributed by atoms with E-state index in [-0.39, 0.29) is 11.8 Å². The van der Waals surface area contributed by atoms with Crippen LogP contribution in [0.25, 0.3) is 16.5 Å². The average Bonchev–Trinajstić information content (AvgIpc) is 2.74. The van der Waals surface area contributed by atoms with Gasteiger partial charge in [-0.2, -0.15) is 0 Å². The number of hydrogen-bond acceptors (Lipinski definition) is 6. The number of esters is 2. The number of azide groups is 1. The molecule has 1 aromatic carbocycles.